The second-order valence-electron chi connectivity index (χ2n) is 3.54. The largest absolute Gasteiger partial charge is 0.363 e. The molecule has 1 aromatic rings. The second kappa shape index (κ2) is 4.22. The number of anilines is 1. The SMILES string of the molecule is CCC(=O)c1cnc(N(C)C)c(C)c1. The summed E-state index contributed by atoms with van der Waals surface area (Å²) in [6.45, 7) is 3.83. The Balaban J connectivity index is 3.06. The van der Waals surface area contributed by atoms with E-state index in [1.54, 1.807) is 6.20 Å². The number of aromatic nitrogens is 1. The van der Waals surface area contributed by atoms with Gasteiger partial charge in [-0.2, -0.15) is 0 Å². The molecule has 0 saturated carbocycles. The summed E-state index contributed by atoms with van der Waals surface area (Å²) >= 11 is 0. The van der Waals surface area contributed by atoms with Gasteiger partial charge in [-0.15, -0.1) is 0 Å². The zero-order chi connectivity index (χ0) is 10.7. The fourth-order valence-electron chi connectivity index (χ4n) is 1.39. The molecular weight excluding hydrogens is 176 g/mol. The fraction of sp³-hybridized carbons (Fsp3) is 0.455. The number of hydrogen-bond donors (Lipinski definition) is 0. The van der Waals surface area contributed by atoms with Crippen LogP contribution in [-0.2, 0) is 0 Å². The molecule has 1 aromatic heterocycles. The van der Waals surface area contributed by atoms with Gasteiger partial charge in [0.05, 0.1) is 0 Å². The molecule has 0 spiro atoms. The van der Waals surface area contributed by atoms with Gasteiger partial charge in [0.1, 0.15) is 5.82 Å². The van der Waals surface area contributed by atoms with Crippen LogP contribution >= 0.6 is 0 Å². The molecule has 3 heteroatoms. The molecule has 1 rings (SSSR count). The standard InChI is InChI=1S/C11H16N2O/c1-5-10(14)9-6-8(2)11(12-7-9)13(3)4/h6-7H,5H2,1-4H3. The van der Waals surface area contributed by atoms with Gasteiger partial charge in [-0.25, -0.2) is 4.98 Å². The van der Waals surface area contributed by atoms with E-state index < -0.39 is 0 Å². The number of Topliss-reactive ketones (excluding diaryl/α,β-unsaturated/α-hetero) is 1. The van der Waals surface area contributed by atoms with Gasteiger partial charge in [0.15, 0.2) is 5.78 Å². The first kappa shape index (κ1) is 10.7. The average Bonchev–Trinajstić information content (AvgIpc) is 2.15. The molecule has 0 unspecified atom stereocenters. The molecule has 1 heterocycles. The molecule has 0 aliphatic carbocycles. The number of carbonyl (C=O) groups excluding carboxylic acids is 1. The Morgan fingerprint density at radius 1 is 1.50 bits per heavy atom. The van der Waals surface area contributed by atoms with Gasteiger partial charge in [-0.1, -0.05) is 6.92 Å². The predicted octanol–water partition coefficient (Wildman–Crippen LogP) is 2.05. The highest BCUT2D eigenvalue weighted by atomic mass is 16.1. The monoisotopic (exact) mass is 192 g/mol. The third kappa shape index (κ3) is 2.10. The van der Waals surface area contributed by atoms with Crippen molar-refractivity contribution in [2.75, 3.05) is 19.0 Å². The van der Waals surface area contributed by atoms with Crippen LogP contribution in [0.3, 0.4) is 0 Å². The Kier molecular flexibility index (Phi) is 3.23. The molecule has 0 fully saturated rings. The van der Waals surface area contributed by atoms with E-state index in [-0.39, 0.29) is 5.78 Å². The maximum absolute atomic E-state index is 11.4. The van der Waals surface area contributed by atoms with Crippen molar-refractivity contribution in [3.05, 3.63) is 23.4 Å². The Bertz CT molecular complexity index is 345. The van der Waals surface area contributed by atoms with Crippen molar-refractivity contribution in [1.82, 2.24) is 4.98 Å². The van der Waals surface area contributed by atoms with E-state index >= 15 is 0 Å². The van der Waals surface area contributed by atoms with Crippen LogP contribution in [0, 0.1) is 6.92 Å². The number of nitrogens with zero attached hydrogens (tertiary/aromatic N) is 2. The summed E-state index contributed by atoms with van der Waals surface area (Å²) in [6.07, 6.45) is 2.18. The van der Waals surface area contributed by atoms with Crippen molar-refractivity contribution in [1.29, 1.82) is 0 Å². The number of pyridine rings is 1. The Hall–Kier alpha value is -1.38. The maximum Gasteiger partial charge on any atom is 0.164 e. The Morgan fingerprint density at radius 2 is 2.14 bits per heavy atom. The lowest BCUT2D eigenvalue weighted by Crippen LogP contribution is -2.13. The Morgan fingerprint density at radius 3 is 2.57 bits per heavy atom. The summed E-state index contributed by atoms with van der Waals surface area (Å²) < 4.78 is 0. The first-order valence-corrected chi connectivity index (χ1v) is 4.73. The molecule has 0 saturated heterocycles. The summed E-state index contributed by atoms with van der Waals surface area (Å²) in [7, 11) is 3.88. The molecule has 0 amide bonds. The highest BCUT2D eigenvalue weighted by molar-refractivity contribution is 5.95. The number of aryl methyl sites for hydroxylation is 1. The van der Waals surface area contributed by atoms with Gasteiger partial charge >= 0.3 is 0 Å². The number of rotatable bonds is 3. The zero-order valence-electron chi connectivity index (χ0n) is 9.16. The van der Waals surface area contributed by atoms with Crippen LogP contribution in [0.5, 0.6) is 0 Å². The van der Waals surface area contributed by atoms with Crippen LogP contribution in [0.1, 0.15) is 29.3 Å². The van der Waals surface area contributed by atoms with Crippen molar-refractivity contribution in [2.45, 2.75) is 20.3 Å². The molecule has 0 aliphatic heterocycles. The molecule has 0 bridgehead atoms. The van der Waals surface area contributed by atoms with E-state index in [0.717, 1.165) is 11.4 Å². The molecule has 0 atom stereocenters. The van der Waals surface area contributed by atoms with Crippen molar-refractivity contribution in [2.24, 2.45) is 0 Å². The van der Waals surface area contributed by atoms with Gasteiger partial charge in [0, 0.05) is 32.3 Å². The van der Waals surface area contributed by atoms with Crippen molar-refractivity contribution in [3.63, 3.8) is 0 Å². The van der Waals surface area contributed by atoms with Gasteiger partial charge in [0.2, 0.25) is 0 Å². The number of ketones is 1. The van der Waals surface area contributed by atoms with Crippen LogP contribution in [0.4, 0.5) is 5.82 Å². The van der Waals surface area contributed by atoms with E-state index in [1.165, 1.54) is 0 Å². The minimum Gasteiger partial charge on any atom is -0.363 e. The van der Waals surface area contributed by atoms with Gasteiger partial charge in [0.25, 0.3) is 0 Å². The van der Waals surface area contributed by atoms with Gasteiger partial charge in [-0.05, 0) is 18.6 Å². The fourth-order valence-corrected chi connectivity index (χ4v) is 1.39. The lowest BCUT2D eigenvalue weighted by atomic mass is 10.1. The molecular formula is C11H16N2O. The topological polar surface area (TPSA) is 33.2 Å². The molecule has 0 aliphatic rings. The molecule has 0 radical (unpaired) electrons. The number of carbonyl (C=O) groups is 1. The summed E-state index contributed by atoms with van der Waals surface area (Å²) in [4.78, 5) is 17.6. The molecule has 76 valence electrons. The maximum atomic E-state index is 11.4. The van der Waals surface area contributed by atoms with Crippen molar-refractivity contribution >= 4 is 11.6 Å². The van der Waals surface area contributed by atoms with Gasteiger partial charge < -0.3 is 4.90 Å². The van der Waals surface area contributed by atoms with E-state index in [2.05, 4.69) is 4.98 Å². The number of hydrogen-bond acceptors (Lipinski definition) is 3. The second-order valence-corrected chi connectivity index (χ2v) is 3.54. The normalized spacial score (nSPS) is 10.0. The van der Waals surface area contributed by atoms with E-state index in [9.17, 15) is 4.79 Å². The first-order valence-electron chi connectivity index (χ1n) is 4.73. The lowest BCUT2D eigenvalue weighted by molar-refractivity contribution is 0.0988. The summed E-state index contributed by atoms with van der Waals surface area (Å²) in [6, 6.07) is 1.90. The van der Waals surface area contributed by atoms with Crippen LogP contribution in [0.25, 0.3) is 0 Å². The van der Waals surface area contributed by atoms with Crippen LogP contribution in [-0.4, -0.2) is 24.9 Å². The zero-order valence-corrected chi connectivity index (χ0v) is 9.16. The van der Waals surface area contributed by atoms with Gasteiger partial charge in [-0.3, -0.25) is 4.79 Å². The highest BCUT2D eigenvalue weighted by Crippen LogP contribution is 2.16. The van der Waals surface area contributed by atoms with E-state index in [4.69, 9.17) is 0 Å². The lowest BCUT2D eigenvalue weighted by Gasteiger charge is -2.14. The third-order valence-electron chi connectivity index (χ3n) is 2.12. The van der Waals surface area contributed by atoms with Crippen LogP contribution in [0.15, 0.2) is 12.3 Å². The Labute approximate surface area is 84.8 Å². The van der Waals surface area contributed by atoms with Crippen molar-refractivity contribution in [3.8, 4) is 0 Å². The molecule has 0 N–H and O–H groups in total. The summed E-state index contributed by atoms with van der Waals surface area (Å²) in [5, 5.41) is 0. The van der Waals surface area contributed by atoms with Crippen LogP contribution in [0.2, 0.25) is 0 Å². The summed E-state index contributed by atoms with van der Waals surface area (Å²) in [5.41, 5.74) is 1.74. The quantitative estimate of drug-likeness (QED) is 0.687. The third-order valence-corrected chi connectivity index (χ3v) is 2.12. The minimum atomic E-state index is 0.144. The smallest absolute Gasteiger partial charge is 0.164 e. The average molecular weight is 192 g/mol. The molecule has 0 aromatic carbocycles. The summed E-state index contributed by atoms with van der Waals surface area (Å²) in [5.74, 6) is 1.06. The predicted molar refractivity (Wildman–Crippen MR) is 57.9 cm³/mol. The van der Waals surface area contributed by atoms with Crippen LogP contribution < -0.4 is 4.90 Å². The molecule has 14 heavy (non-hydrogen) atoms. The van der Waals surface area contributed by atoms with E-state index in [1.807, 2.05) is 38.9 Å². The van der Waals surface area contributed by atoms with Crippen molar-refractivity contribution < 1.29 is 4.79 Å². The first-order chi connectivity index (χ1) is 6.56. The minimum absolute atomic E-state index is 0.144. The van der Waals surface area contributed by atoms with E-state index in [0.29, 0.717) is 12.0 Å². The highest BCUT2D eigenvalue weighted by Gasteiger charge is 2.07. The molecule has 3 nitrogen and oxygen atoms in total.